The first kappa shape index (κ1) is 21.5. The summed E-state index contributed by atoms with van der Waals surface area (Å²) in [5.74, 6) is -1.62. The second-order valence-electron chi connectivity index (χ2n) is 8.00. The number of carbonyl (C=O) groups excluding carboxylic acids is 2. The highest BCUT2D eigenvalue weighted by atomic mass is 19.1. The van der Waals surface area contributed by atoms with Crippen LogP contribution < -0.4 is 4.74 Å². The number of fused-ring (bicyclic) bond motifs is 1. The number of Topliss-reactive ketones (excluding diaryl/α,β-unsaturated/α-hetero) is 1. The molecule has 8 heteroatoms. The molecule has 0 spiro atoms. The van der Waals surface area contributed by atoms with Crippen LogP contribution in [0.4, 0.5) is 4.39 Å². The molecule has 3 heterocycles. The van der Waals surface area contributed by atoms with Crippen molar-refractivity contribution in [1.29, 1.82) is 0 Å². The summed E-state index contributed by atoms with van der Waals surface area (Å²) in [6.07, 6.45) is 3.66. The summed E-state index contributed by atoms with van der Waals surface area (Å²) >= 11 is 0. The molecule has 0 fully saturated rings. The highest BCUT2D eigenvalue weighted by Crippen LogP contribution is 2.39. The third kappa shape index (κ3) is 3.63. The van der Waals surface area contributed by atoms with Crippen LogP contribution in [-0.2, 0) is 11.2 Å². The molecule has 1 aliphatic rings. The Morgan fingerprint density at radius 1 is 1.21 bits per heavy atom. The lowest BCUT2D eigenvalue weighted by Gasteiger charge is -2.26. The maximum Gasteiger partial charge on any atom is 0.290 e. The molecule has 0 saturated carbocycles. The van der Waals surface area contributed by atoms with Gasteiger partial charge in [-0.3, -0.25) is 9.59 Å². The second-order valence-corrected chi connectivity index (χ2v) is 8.00. The van der Waals surface area contributed by atoms with E-state index in [0.29, 0.717) is 17.7 Å². The van der Waals surface area contributed by atoms with Crippen LogP contribution in [0.3, 0.4) is 0 Å². The van der Waals surface area contributed by atoms with E-state index in [4.69, 9.17) is 9.15 Å². The Labute approximate surface area is 194 Å². The molecule has 4 aromatic rings. The number of amides is 1. The van der Waals surface area contributed by atoms with E-state index in [1.165, 1.54) is 41.5 Å². The molecule has 2 N–H and O–H groups in total. The number of aromatic amines is 1. The number of ketones is 1. The summed E-state index contributed by atoms with van der Waals surface area (Å²) in [4.78, 5) is 30.9. The van der Waals surface area contributed by atoms with E-state index in [9.17, 15) is 19.1 Å². The van der Waals surface area contributed by atoms with Crippen LogP contribution in [-0.4, -0.2) is 40.3 Å². The molecular formula is C26H21FN2O5. The van der Waals surface area contributed by atoms with E-state index in [2.05, 4.69) is 4.98 Å². The number of H-pyrrole nitrogens is 1. The van der Waals surface area contributed by atoms with Crippen LogP contribution in [0, 0.1) is 5.82 Å². The van der Waals surface area contributed by atoms with Crippen molar-refractivity contribution in [2.75, 3.05) is 13.7 Å². The van der Waals surface area contributed by atoms with Crippen LogP contribution in [0.5, 0.6) is 5.75 Å². The van der Waals surface area contributed by atoms with Crippen molar-refractivity contribution in [3.63, 3.8) is 0 Å². The first-order valence-corrected chi connectivity index (χ1v) is 10.7. The van der Waals surface area contributed by atoms with Gasteiger partial charge in [-0.05, 0) is 60.0 Å². The molecule has 172 valence electrons. The minimum atomic E-state index is -0.884. The molecule has 0 aliphatic carbocycles. The lowest BCUT2D eigenvalue weighted by Crippen LogP contribution is -2.33. The topological polar surface area (TPSA) is 95.8 Å². The Kier molecular flexibility index (Phi) is 5.41. The molecule has 0 saturated heterocycles. The Balaban J connectivity index is 1.50. The maximum absolute atomic E-state index is 13.6. The van der Waals surface area contributed by atoms with Crippen LogP contribution in [0.2, 0.25) is 0 Å². The summed E-state index contributed by atoms with van der Waals surface area (Å²) in [6.45, 7) is 0.212. The SMILES string of the molecule is COc1ccc2[nH]cc(CCN3C(=O)C(O)=C(C(=O)c4ccco4)C3c3ccc(F)cc3)c2c1. The molecule has 1 amide bonds. The van der Waals surface area contributed by atoms with E-state index in [1.807, 2.05) is 24.4 Å². The smallest absolute Gasteiger partial charge is 0.290 e. The molecule has 2 aromatic heterocycles. The third-order valence-electron chi connectivity index (χ3n) is 6.08. The first-order valence-electron chi connectivity index (χ1n) is 10.7. The van der Waals surface area contributed by atoms with Gasteiger partial charge in [-0.1, -0.05) is 12.1 Å². The zero-order valence-electron chi connectivity index (χ0n) is 18.2. The Hall–Kier alpha value is -4.33. The Bertz CT molecular complexity index is 1400. The molecule has 1 atom stereocenters. The number of furan rings is 1. The van der Waals surface area contributed by atoms with Gasteiger partial charge in [-0.2, -0.15) is 0 Å². The van der Waals surface area contributed by atoms with Gasteiger partial charge in [0.15, 0.2) is 11.5 Å². The minimum absolute atomic E-state index is 0.00651. The number of methoxy groups -OCH3 is 1. The number of aliphatic hydroxyl groups is 1. The molecular weight excluding hydrogens is 439 g/mol. The standard InChI is InChI=1S/C26H21FN2O5/c1-33-18-8-9-20-19(13-18)16(14-28-20)10-11-29-23(15-4-6-17(27)7-5-15)22(25(31)26(29)32)24(30)21-3-2-12-34-21/h2-9,12-14,23,28,31H,10-11H2,1H3. The molecule has 1 aliphatic heterocycles. The van der Waals surface area contributed by atoms with Crippen molar-refractivity contribution in [3.05, 3.63) is 101 Å². The first-order chi connectivity index (χ1) is 16.5. The molecule has 0 bridgehead atoms. The average molecular weight is 460 g/mol. The summed E-state index contributed by atoms with van der Waals surface area (Å²) in [6, 6.07) is 13.3. The van der Waals surface area contributed by atoms with Crippen LogP contribution in [0.25, 0.3) is 10.9 Å². The monoisotopic (exact) mass is 460 g/mol. The highest BCUT2D eigenvalue weighted by molar-refractivity contribution is 6.15. The van der Waals surface area contributed by atoms with Gasteiger partial charge in [0.25, 0.3) is 5.91 Å². The van der Waals surface area contributed by atoms with Crippen molar-refractivity contribution in [2.45, 2.75) is 12.5 Å². The number of nitrogens with one attached hydrogen (secondary N) is 1. The normalized spacial score (nSPS) is 16.0. The second kappa shape index (κ2) is 8.55. The number of hydrogen-bond donors (Lipinski definition) is 2. The van der Waals surface area contributed by atoms with Crippen LogP contribution in [0.1, 0.15) is 27.7 Å². The van der Waals surface area contributed by atoms with Crippen molar-refractivity contribution < 1.29 is 28.2 Å². The van der Waals surface area contributed by atoms with Crippen LogP contribution >= 0.6 is 0 Å². The fraction of sp³-hybridized carbons (Fsp3) is 0.154. The molecule has 0 radical (unpaired) electrons. The molecule has 7 nitrogen and oxygen atoms in total. The fourth-order valence-electron chi connectivity index (χ4n) is 4.38. The zero-order chi connectivity index (χ0) is 23.8. The number of rotatable bonds is 7. The van der Waals surface area contributed by atoms with Crippen molar-refractivity contribution in [1.82, 2.24) is 9.88 Å². The highest BCUT2D eigenvalue weighted by Gasteiger charge is 2.44. The maximum atomic E-state index is 13.6. The van der Waals surface area contributed by atoms with Crippen molar-refractivity contribution >= 4 is 22.6 Å². The Morgan fingerprint density at radius 2 is 2.00 bits per heavy atom. The summed E-state index contributed by atoms with van der Waals surface area (Å²) in [7, 11) is 1.59. The van der Waals surface area contributed by atoms with E-state index in [0.717, 1.165) is 16.5 Å². The average Bonchev–Trinajstić information content (AvgIpc) is 3.58. The number of benzene rings is 2. The van der Waals surface area contributed by atoms with E-state index in [-0.39, 0.29) is 17.9 Å². The lowest BCUT2D eigenvalue weighted by atomic mass is 9.95. The fourth-order valence-corrected chi connectivity index (χ4v) is 4.38. The summed E-state index contributed by atoms with van der Waals surface area (Å²) < 4.78 is 24.1. The number of ether oxygens (including phenoxy) is 1. The summed E-state index contributed by atoms with van der Waals surface area (Å²) in [5.41, 5.74) is 2.29. The van der Waals surface area contributed by atoms with Crippen molar-refractivity contribution in [3.8, 4) is 5.75 Å². The quantitative estimate of drug-likeness (QED) is 0.389. The van der Waals surface area contributed by atoms with Gasteiger partial charge in [0.05, 0.1) is 25.0 Å². The number of halogens is 1. The van der Waals surface area contributed by atoms with E-state index >= 15 is 0 Å². The summed E-state index contributed by atoms with van der Waals surface area (Å²) in [5, 5.41) is 11.7. The lowest BCUT2D eigenvalue weighted by molar-refractivity contribution is -0.129. The van der Waals surface area contributed by atoms with Gasteiger partial charge >= 0.3 is 0 Å². The predicted molar refractivity (Wildman–Crippen MR) is 122 cm³/mol. The number of nitrogens with zero attached hydrogens (tertiary/aromatic N) is 1. The number of carbonyl (C=O) groups is 2. The molecule has 5 rings (SSSR count). The number of aromatic nitrogens is 1. The van der Waals surface area contributed by atoms with Gasteiger partial charge < -0.3 is 24.1 Å². The third-order valence-corrected chi connectivity index (χ3v) is 6.08. The number of aliphatic hydroxyl groups excluding tert-OH is 1. The van der Waals surface area contributed by atoms with E-state index in [1.54, 1.807) is 13.2 Å². The van der Waals surface area contributed by atoms with E-state index < -0.39 is 29.3 Å². The molecule has 2 aromatic carbocycles. The van der Waals surface area contributed by atoms with Gasteiger partial charge in [0.2, 0.25) is 5.78 Å². The van der Waals surface area contributed by atoms with Crippen molar-refractivity contribution in [2.24, 2.45) is 0 Å². The Morgan fingerprint density at radius 3 is 2.71 bits per heavy atom. The minimum Gasteiger partial charge on any atom is -0.503 e. The van der Waals surface area contributed by atoms with Gasteiger partial charge in [-0.25, -0.2) is 4.39 Å². The number of hydrogen-bond acceptors (Lipinski definition) is 5. The van der Waals surface area contributed by atoms with Gasteiger partial charge in [-0.15, -0.1) is 0 Å². The van der Waals surface area contributed by atoms with Crippen LogP contribution in [0.15, 0.2) is 82.8 Å². The largest absolute Gasteiger partial charge is 0.503 e. The molecule has 1 unspecified atom stereocenters. The van der Waals surface area contributed by atoms with Gasteiger partial charge in [0.1, 0.15) is 11.6 Å². The predicted octanol–water partition coefficient (Wildman–Crippen LogP) is 4.73. The van der Waals surface area contributed by atoms with Gasteiger partial charge in [0, 0.05) is 23.6 Å². The molecule has 34 heavy (non-hydrogen) atoms. The zero-order valence-corrected chi connectivity index (χ0v) is 18.2.